The van der Waals surface area contributed by atoms with E-state index in [-0.39, 0.29) is 24.0 Å². The van der Waals surface area contributed by atoms with Crippen molar-refractivity contribution in [2.45, 2.75) is 17.9 Å². The fourth-order valence-corrected chi connectivity index (χ4v) is 5.55. The van der Waals surface area contributed by atoms with Crippen molar-refractivity contribution < 1.29 is 17.9 Å². The minimum Gasteiger partial charge on any atom is -0.484 e. The summed E-state index contributed by atoms with van der Waals surface area (Å²) in [6, 6.07) is 9.36. The number of aromatic nitrogens is 3. The van der Waals surface area contributed by atoms with Gasteiger partial charge in [0.25, 0.3) is 5.91 Å². The van der Waals surface area contributed by atoms with Crippen LogP contribution in [0.4, 0.5) is 11.5 Å². The molecule has 0 saturated carbocycles. The van der Waals surface area contributed by atoms with Gasteiger partial charge in [-0.3, -0.25) is 9.78 Å². The summed E-state index contributed by atoms with van der Waals surface area (Å²) in [6.45, 7) is 0.601. The molecule has 0 fully saturated rings. The molecule has 0 spiro atoms. The first kappa shape index (κ1) is 21.3. The number of nitrogens with zero attached hydrogens (tertiary/aromatic N) is 5. The number of pyridine rings is 1. The summed E-state index contributed by atoms with van der Waals surface area (Å²) in [6.07, 6.45) is 4.13. The Bertz CT molecular complexity index is 1340. The average Bonchev–Trinajstić information content (AvgIpc) is 3.35. The van der Waals surface area contributed by atoms with Gasteiger partial charge in [-0.1, -0.05) is 6.07 Å². The smallest absolute Gasteiger partial charge is 0.259 e. The molecule has 9 nitrogen and oxygen atoms in total. The van der Waals surface area contributed by atoms with Crippen LogP contribution in [0, 0.1) is 0 Å². The standard InChI is InChI=1S/C23H23N5O4S/c1-27(2)21(29)12-32-17-6-5-15-7-9-28(20(15)10-17)23-18-13-33(30,31)14-19(18)25-22(26-23)16-4-3-8-24-11-16/h3-6,8,10-11H,7,9,12-14H2,1-2H3. The molecular weight excluding hydrogens is 442 g/mol. The monoisotopic (exact) mass is 465 g/mol. The first-order valence-electron chi connectivity index (χ1n) is 10.5. The molecule has 2 aromatic heterocycles. The molecule has 0 N–H and O–H groups in total. The second kappa shape index (κ2) is 8.11. The lowest BCUT2D eigenvalue weighted by Gasteiger charge is -2.22. The van der Waals surface area contributed by atoms with Crippen LogP contribution >= 0.6 is 0 Å². The van der Waals surface area contributed by atoms with E-state index in [4.69, 9.17) is 9.72 Å². The van der Waals surface area contributed by atoms with Crippen molar-refractivity contribution in [1.82, 2.24) is 19.9 Å². The first-order chi connectivity index (χ1) is 15.8. The fraction of sp³-hybridized carbons (Fsp3) is 0.304. The van der Waals surface area contributed by atoms with Gasteiger partial charge in [0.15, 0.2) is 22.3 Å². The predicted octanol–water partition coefficient (Wildman–Crippen LogP) is 2.13. The van der Waals surface area contributed by atoms with Gasteiger partial charge in [0.05, 0.1) is 17.2 Å². The Balaban J connectivity index is 1.55. The van der Waals surface area contributed by atoms with Crippen LogP contribution in [0.1, 0.15) is 16.8 Å². The SMILES string of the molecule is CN(C)C(=O)COc1ccc2c(c1)N(c1nc(-c3cccnc3)nc3c1CS(=O)(=O)C3)CC2. The number of hydrogen-bond acceptors (Lipinski definition) is 8. The van der Waals surface area contributed by atoms with Crippen LogP contribution in [-0.2, 0) is 32.6 Å². The van der Waals surface area contributed by atoms with Crippen LogP contribution < -0.4 is 9.64 Å². The van der Waals surface area contributed by atoms with Gasteiger partial charge in [-0.25, -0.2) is 18.4 Å². The third-order valence-electron chi connectivity index (χ3n) is 5.78. The molecule has 1 aromatic carbocycles. The molecule has 33 heavy (non-hydrogen) atoms. The summed E-state index contributed by atoms with van der Waals surface area (Å²) in [7, 11) is 0.0806. The number of anilines is 2. The van der Waals surface area contributed by atoms with E-state index in [2.05, 4.69) is 9.97 Å². The number of likely N-dealkylation sites (N-methyl/N-ethyl adjacent to an activating group) is 1. The number of benzene rings is 1. The molecule has 10 heteroatoms. The Morgan fingerprint density at radius 1 is 1.18 bits per heavy atom. The van der Waals surface area contributed by atoms with Crippen molar-refractivity contribution in [3.05, 3.63) is 59.5 Å². The zero-order valence-electron chi connectivity index (χ0n) is 18.4. The van der Waals surface area contributed by atoms with E-state index in [1.54, 1.807) is 32.6 Å². The molecule has 4 heterocycles. The number of rotatable bonds is 5. The van der Waals surface area contributed by atoms with Crippen molar-refractivity contribution >= 4 is 27.2 Å². The van der Waals surface area contributed by atoms with Crippen LogP contribution in [0.15, 0.2) is 42.7 Å². The third-order valence-corrected chi connectivity index (χ3v) is 7.22. The molecule has 5 rings (SSSR count). The quantitative estimate of drug-likeness (QED) is 0.564. The summed E-state index contributed by atoms with van der Waals surface area (Å²) in [5.74, 6) is 1.31. The molecular formula is C23H23N5O4S. The predicted molar refractivity (Wildman–Crippen MR) is 123 cm³/mol. The topological polar surface area (TPSA) is 106 Å². The summed E-state index contributed by atoms with van der Waals surface area (Å²) in [4.78, 5) is 28.9. The van der Waals surface area contributed by atoms with Gasteiger partial charge in [-0.15, -0.1) is 0 Å². The summed E-state index contributed by atoms with van der Waals surface area (Å²) in [5, 5.41) is 0. The van der Waals surface area contributed by atoms with Crippen LogP contribution in [0.25, 0.3) is 11.4 Å². The number of ether oxygens (including phenoxy) is 1. The second-order valence-electron chi connectivity index (χ2n) is 8.34. The number of sulfone groups is 1. The maximum Gasteiger partial charge on any atom is 0.259 e. The normalized spacial score (nSPS) is 15.8. The van der Waals surface area contributed by atoms with E-state index in [1.165, 1.54) is 4.90 Å². The van der Waals surface area contributed by atoms with Crippen molar-refractivity contribution in [1.29, 1.82) is 0 Å². The first-order valence-corrected chi connectivity index (χ1v) is 12.4. The van der Waals surface area contributed by atoms with E-state index in [0.717, 1.165) is 23.2 Å². The second-order valence-corrected chi connectivity index (χ2v) is 10.4. The molecule has 0 saturated heterocycles. The molecule has 3 aromatic rings. The molecule has 0 bridgehead atoms. The Hall–Kier alpha value is -3.53. The van der Waals surface area contributed by atoms with Gasteiger partial charge in [-0.05, 0) is 30.2 Å². The van der Waals surface area contributed by atoms with E-state index in [1.807, 2.05) is 29.2 Å². The van der Waals surface area contributed by atoms with Gasteiger partial charge < -0.3 is 14.5 Å². The summed E-state index contributed by atoms with van der Waals surface area (Å²) >= 11 is 0. The van der Waals surface area contributed by atoms with Gasteiger partial charge in [0.1, 0.15) is 11.6 Å². The molecule has 0 atom stereocenters. The lowest BCUT2D eigenvalue weighted by atomic mass is 10.1. The molecule has 0 unspecified atom stereocenters. The largest absolute Gasteiger partial charge is 0.484 e. The highest BCUT2D eigenvalue weighted by atomic mass is 32.2. The number of fused-ring (bicyclic) bond motifs is 2. The Kier molecular flexibility index (Phi) is 5.24. The maximum absolute atomic E-state index is 12.5. The number of carbonyl (C=O) groups is 1. The molecule has 170 valence electrons. The highest BCUT2D eigenvalue weighted by Gasteiger charge is 2.34. The minimum atomic E-state index is -3.28. The van der Waals surface area contributed by atoms with Crippen LogP contribution in [-0.4, -0.2) is 61.4 Å². The average molecular weight is 466 g/mol. The Morgan fingerprint density at radius 2 is 2.03 bits per heavy atom. The Morgan fingerprint density at radius 3 is 2.79 bits per heavy atom. The summed E-state index contributed by atoms with van der Waals surface area (Å²) in [5.41, 5.74) is 3.91. The third kappa shape index (κ3) is 4.13. The van der Waals surface area contributed by atoms with E-state index >= 15 is 0 Å². The van der Waals surface area contributed by atoms with Crippen molar-refractivity contribution in [3.8, 4) is 17.1 Å². The highest BCUT2D eigenvalue weighted by Crippen LogP contribution is 2.41. The van der Waals surface area contributed by atoms with Crippen molar-refractivity contribution in [3.63, 3.8) is 0 Å². The zero-order chi connectivity index (χ0) is 23.2. The lowest BCUT2D eigenvalue weighted by Crippen LogP contribution is -2.27. The fourth-order valence-electron chi connectivity index (χ4n) is 4.05. The van der Waals surface area contributed by atoms with Crippen LogP contribution in [0.5, 0.6) is 5.75 Å². The van der Waals surface area contributed by atoms with Gasteiger partial charge in [0, 0.05) is 55.9 Å². The number of amides is 1. The minimum absolute atomic E-state index is 0.0574. The molecule has 0 aliphatic carbocycles. The Labute approximate surface area is 192 Å². The molecule has 1 amide bonds. The maximum atomic E-state index is 12.5. The van der Waals surface area contributed by atoms with Gasteiger partial charge >= 0.3 is 0 Å². The molecule has 2 aliphatic rings. The van der Waals surface area contributed by atoms with E-state index < -0.39 is 9.84 Å². The number of carbonyl (C=O) groups excluding carboxylic acids is 1. The van der Waals surface area contributed by atoms with Crippen molar-refractivity contribution in [2.24, 2.45) is 0 Å². The lowest BCUT2D eigenvalue weighted by molar-refractivity contribution is -0.130. The number of hydrogen-bond donors (Lipinski definition) is 0. The van der Waals surface area contributed by atoms with Crippen LogP contribution in [0.3, 0.4) is 0 Å². The zero-order valence-corrected chi connectivity index (χ0v) is 19.2. The van der Waals surface area contributed by atoms with Crippen LogP contribution in [0.2, 0.25) is 0 Å². The summed E-state index contributed by atoms with van der Waals surface area (Å²) < 4.78 is 30.6. The van der Waals surface area contributed by atoms with Gasteiger partial charge in [-0.2, -0.15) is 0 Å². The van der Waals surface area contributed by atoms with Crippen molar-refractivity contribution in [2.75, 3.05) is 32.1 Å². The highest BCUT2D eigenvalue weighted by molar-refractivity contribution is 7.90. The van der Waals surface area contributed by atoms with E-state index in [0.29, 0.717) is 35.2 Å². The van der Waals surface area contributed by atoms with E-state index in [9.17, 15) is 13.2 Å². The molecule has 0 radical (unpaired) electrons. The molecule has 2 aliphatic heterocycles. The van der Waals surface area contributed by atoms with Gasteiger partial charge in [0.2, 0.25) is 0 Å².